The summed E-state index contributed by atoms with van der Waals surface area (Å²) in [4.78, 5) is 12.7. The van der Waals surface area contributed by atoms with E-state index in [0.717, 1.165) is 34.3 Å². The Morgan fingerprint density at radius 3 is 2.60 bits per heavy atom. The number of aryl methyl sites for hydroxylation is 1. The maximum Gasteiger partial charge on any atom is 0.234 e. The fourth-order valence-corrected chi connectivity index (χ4v) is 4.36. The molecule has 1 heterocycles. The quantitative estimate of drug-likeness (QED) is 0.498. The second kappa shape index (κ2) is 9.04. The lowest BCUT2D eigenvalue weighted by molar-refractivity contribution is -0.113. The van der Waals surface area contributed by atoms with E-state index in [1.807, 2.05) is 37.3 Å². The molecule has 1 aliphatic rings. The smallest absolute Gasteiger partial charge is 0.234 e. The first kappa shape index (κ1) is 20.7. The fourth-order valence-electron chi connectivity index (χ4n) is 3.61. The molecule has 0 aliphatic heterocycles. The topological polar surface area (TPSA) is 59.8 Å². The zero-order chi connectivity index (χ0) is 21.1. The van der Waals surface area contributed by atoms with Crippen LogP contribution in [-0.4, -0.2) is 26.4 Å². The fraction of sp³-hybridized carbons (Fsp3) is 0.375. The molecular formula is C24H28N4OS. The molecule has 0 unspecified atom stereocenters. The normalized spacial score (nSPS) is 13.6. The Kier molecular flexibility index (Phi) is 6.23. The van der Waals surface area contributed by atoms with E-state index in [0.29, 0.717) is 17.6 Å². The zero-order valence-corrected chi connectivity index (χ0v) is 18.6. The third kappa shape index (κ3) is 4.75. The van der Waals surface area contributed by atoms with Gasteiger partial charge in [0.1, 0.15) is 5.82 Å². The van der Waals surface area contributed by atoms with Crippen LogP contribution in [0.3, 0.4) is 0 Å². The number of hydrogen-bond acceptors (Lipinski definition) is 4. The van der Waals surface area contributed by atoms with E-state index in [4.69, 9.17) is 0 Å². The minimum absolute atomic E-state index is 0.0153. The minimum atomic E-state index is -0.0153. The van der Waals surface area contributed by atoms with Crippen molar-refractivity contribution in [3.63, 3.8) is 0 Å². The predicted molar refractivity (Wildman–Crippen MR) is 122 cm³/mol. The summed E-state index contributed by atoms with van der Waals surface area (Å²) in [6.45, 7) is 7.06. The maximum absolute atomic E-state index is 12.7. The summed E-state index contributed by atoms with van der Waals surface area (Å²) in [5, 5.41) is 12.8. The molecule has 0 atom stereocenters. The lowest BCUT2D eigenvalue weighted by Crippen LogP contribution is -2.17. The molecular weight excluding hydrogens is 392 g/mol. The Labute approximate surface area is 182 Å². The number of para-hydroxylation sites is 1. The van der Waals surface area contributed by atoms with Crippen LogP contribution in [0, 0.1) is 6.92 Å². The number of nitrogens with zero attached hydrogens (tertiary/aromatic N) is 3. The van der Waals surface area contributed by atoms with Crippen LogP contribution in [0.25, 0.3) is 0 Å². The van der Waals surface area contributed by atoms with Gasteiger partial charge in [-0.2, -0.15) is 0 Å². The van der Waals surface area contributed by atoms with Gasteiger partial charge < -0.3 is 9.88 Å². The number of nitrogens with one attached hydrogen (secondary N) is 1. The first-order valence-electron chi connectivity index (χ1n) is 10.5. The predicted octanol–water partition coefficient (Wildman–Crippen LogP) is 5.37. The number of hydrogen-bond donors (Lipinski definition) is 1. The summed E-state index contributed by atoms with van der Waals surface area (Å²) in [5.74, 6) is 2.19. The first-order chi connectivity index (χ1) is 14.5. The van der Waals surface area contributed by atoms with Crippen molar-refractivity contribution in [1.29, 1.82) is 0 Å². The molecule has 4 rings (SSSR count). The van der Waals surface area contributed by atoms with Crippen LogP contribution < -0.4 is 5.32 Å². The van der Waals surface area contributed by atoms with Crippen LogP contribution in [0.5, 0.6) is 0 Å². The highest BCUT2D eigenvalue weighted by atomic mass is 32.2. The summed E-state index contributed by atoms with van der Waals surface area (Å²) >= 11 is 1.46. The van der Waals surface area contributed by atoms with Gasteiger partial charge in [0.05, 0.1) is 12.3 Å². The van der Waals surface area contributed by atoms with E-state index in [9.17, 15) is 4.79 Å². The Balaban J connectivity index is 1.47. The summed E-state index contributed by atoms with van der Waals surface area (Å²) in [6, 6.07) is 16.5. The molecule has 1 aromatic heterocycles. The average molecular weight is 421 g/mol. The average Bonchev–Trinajstić information content (AvgIpc) is 3.50. The van der Waals surface area contributed by atoms with Gasteiger partial charge in [0.2, 0.25) is 5.91 Å². The molecule has 1 fully saturated rings. The van der Waals surface area contributed by atoms with Crippen molar-refractivity contribution in [1.82, 2.24) is 14.8 Å². The molecule has 0 spiro atoms. The maximum atomic E-state index is 12.7. The van der Waals surface area contributed by atoms with E-state index in [2.05, 4.69) is 52.1 Å². The largest absolute Gasteiger partial charge is 0.325 e. The van der Waals surface area contributed by atoms with Crippen molar-refractivity contribution >= 4 is 23.4 Å². The molecule has 6 heteroatoms. The van der Waals surface area contributed by atoms with Gasteiger partial charge in [0, 0.05) is 11.6 Å². The molecule has 0 bridgehead atoms. The van der Waals surface area contributed by atoms with Crippen molar-refractivity contribution in [2.45, 2.75) is 57.1 Å². The lowest BCUT2D eigenvalue weighted by Gasteiger charge is -2.16. The van der Waals surface area contributed by atoms with Gasteiger partial charge >= 0.3 is 0 Å². The van der Waals surface area contributed by atoms with Crippen molar-refractivity contribution in [2.24, 2.45) is 0 Å². The van der Waals surface area contributed by atoms with Crippen molar-refractivity contribution in [3.8, 4) is 0 Å². The van der Waals surface area contributed by atoms with Crippen molar-refractivity contribution in [3.05, 3.63) is 71.0 Å². The van der Waals surface area contributed by atoms with Gasteiger partial charge in [-0.1, -0.05) is 74.1 Å². The molecule has 30 heavy (non-hydrogen) atoms. The number of anilines is 1. The molecule has 156 valence electrons. The van der Waals surface area contributed by atoms with E-state index >= 15 is 0 Å². The van der Waals surface area contributed by atoms with Gasteiger partial charge in [-0.25, -0.2) is 0 Å². The van der Waals surface area contributed by atoms with Crippen LogP contribution in [-0.2, 0) is 11.3 Å². The van der Waals surface area contributed by atoms with E-state index in [1.54, 1.807) is 0 Å². The molecule has 5 nitrogen and oxygen atoms in total. The Hall–Kier alpha value is -2.60. The van der Waals surface area contributed by atoms with Crippen LogP contribution in [0.2, 0.25) is 0 Å². The molecule has 1 saturated carbocycles. The third-order valence-corrected chi connectivity index (χ3v) is 6.36. The molecule has 2 aromatic carbocycles. The summed E-state index contributed by atoms with van der Waals surface area (Å²) in [7, 11) is 0. The second-order valence-corrected chi connectivity index (χ2v) is 9.16. The van der Waals surface area contributed by atoms with Crippen LogP contribution in [0.1, 0.15) is 61.0 Å². The molecule has 1 amide bonds. The number of rotatable bonds is 8. The monoisotopic (exact) mass is 420 g/mol. The highest BCUT2D eigenvalue weighted by Crippen LogP contribution is 2.40. The van der Waals surface area contributed by atoms with Crippen LogP contribution in [0.15, 0.2) is 53.7 Å². The van der Waals surface area contributed by atoms with Crippen LogP contribution >= 0.6 is 11.8 Å². The first-order valence-corrected chi connectivity index (χ1v) is 11.5. The lowest BCUT2D eigenvalue weighted by atomic mass is 9.98. The number of amides is 1. The number of thioether (sulfide) groups is 1. The second-order valence-electron chi connectivity index (χ2n) is 8.22. The van der Waals surface area contributed by atoms with Crippen molar-refractivity contribution in [2.75, 3.05) is 11.1 Å². The standard InChI is InChI=1S/C24H28N4OS/c1-16(2)20-11-7-8-17(3)22(20)25-21(29)15-30-24-27-26-23(19-12-13-19)28(24)14-18-9-5-4-6-10-18/h4-11,16,19H,12-15H2,1-3H3,(H,25,29). The molecule has 1 N–H and O–H groups in total. The van der Waals surface area contributed by atoms with Crippen LogP contribution in [0.4, 0.5) is 5.69 Å². The van der Waals surface area contributed by atoms with E-state index in [1.165, 1.54) is 30.2 Å². The highest BCUT2D eigenvalue weighted by Gasteiger charge is 2.30. The summed E-state index contributed by atoms with van der Waals surface area (Å²) < 4.78 is 2.18. The number of carbonyl (C=O) groups is 1. The van der Waals surface area contributed by atoms with Gasteiger partial charge in [0.15, 0.2) is 5.16 Å². The molecule has 0 saturated heterocycles. The minimum Gasteiger partial charge on any atom is -0.325 e. The summed E-state index contributed by atoms with van der Waals surface area (Å²) in [5.41, 5.74) is 4.40. The molecule has 0 radical (unpaired) electrons. The zero-order valence-electron chi connectivity index (χ0n) is 17.8. The van der Waals surface area contributed by atoms with E-state index < -0.39 is 0 Å². The van der Waals surface area contributed by atoms with Gasteiger partial charge in [-0.15, -0.1) is 10.2 Å². The van der Waals surface area contributed by atoms with Crippen molar-refractivity contribution < 1.29 is 4.79 Å². The summed E-state index contributed by atoms with van der Waals surface area (Å²) in [6.07, 6.45) is 2.34. The van der Waals surface area contributed by atoms with Gasteiger partial charge in [-0.3, -0.25) is 4.79 Å². The Bertz CT molecular complexity index is 1020. The Morgan fingerprint density at radius 1 is 1.13 bits per heavy atom. The third-order valence-electron chi connectivity index (χ3n) is 5.40. The number of benzene rings is 2. The SMILES string of the molecule is Cc1cccc(C(C)C)c1NC(=O)CSc1nnc(C2CC2)n1Cc1ccccc1. The van der Waals surface area contributed by atoms with Gasteiger partial charge in [0.25, 0.3) is 0 Å². The molecule has 1 aliphatic carbocycles. The number of aromatic nitrogens is 3. The highest BCUT2D eigenvalue weighted by molar-refractivity contribution is 7.99. The van der Waals surface area contributed by atoms with E-state index in [-0.39, 0.29) is 5.91 Å². The Morgan fingerprint density at radius 2 is 1.90 bits per heavy atom. The number of carbonyl (C=O) groups excluding carboxylic acids is 1. The van der Waals surface area contributed by atoms with Gasteiger partial charge in [-0.05, 0) is 42.4 Å². The molecule has 3 aromatic rings.